The molecule has 0 aliphatic rings. The summed E-state index contributed by atoms with van der Waals surface area (Å²) in [6, 6.07) is 0. The van der Waals surface area contributed by atoms with Crippen LogP contribution in [0.25, 0.3) is 0 Å². The Balaban J connectivity index is 3.88. The van der Waals surface area contributed by atoms with Gasteiger partial charge in [0, 0.05) is 6.42 Å². The molecule has 0 heterocycles. The summed E-state index contributed by atoms with van der Waals surface area (Å²) in [6.45, 7) is 7.26. The van der Waals surface area contributed by atoms with Gasteiger partial charge in [0.25, 0.3) is 0 Å². The summed E-state index contributed by atoms with van der Waals surface area (Å²) < 4.78 is 5.57. The zero-order valence-corrected chi connectivity index (χ0v) is 18.6. The largest absolute Gasteiger partial charge is 0.465 e. The maximum Gasteiger partial charge on any atom is 0.305 e. The number of ether oxygens (including phenoxy) is 1. The number of hydrogen-bond acceptors (Lipinski definition) is 3. The molecule has 27 heavy (non-hydrogen) atoms. The number of aliphatic hydroxyl groups excluding tert-OH is 1. The first-order valence-electron chi connectivity index (χ1n) is 12.0. The van der Waals surface area contributed by atoms with Gasteiger partial charge in [-0.1, -0.05) is 91.4 Å². The lowest BCUT2D eigenvalue weighted by molar-refractivity contribution is -0.145. The van der Waals surface area contributed by atoms with E-state index in [1.54, 1.807) is 0 Å². The van der Waals surface area contributed by atoms with Crippen molar-refractivity contribution in [3.8, 4) is 0 Å². The second-order valence-electron chi connectivity index (χ2n) is 8.29. The van der Waals surface area contributed by atoms with Crippen molar-refractivity contribution < 1.29 is 14.6 Å². The van der Waals surface area contributed by atoms with E-state index >= 15 is 0 Å². The van der Waals surface area contributed by atoms with Gasteiger partial charge in [-0.25, -0.2) is 0 Å². The van der Waals surface area contributed by atoms with Crippen LogP contribution in [0, 0.1) is 5.92 Å². The molecule has 0 bridgehead atoms. The Morgan fingerprint density at radius 1 is 0.704 bits per heavy atom. The standard InChI is InChI=1S/C24H48O3/c1-4-7-10-13-17-22(16-12-9-6-3)21-27-24(26)20-15-19-23(25)18-14-11-8-5-2/h22-23,25H,4-21H2,1-3H3. The maximum atomic E-state index is 12.0. The van der Waals surface area contributed by atoms with Crippen LogP contribution in [0.4, 0.5) is 0 Å². The first-order chi connectivity index (χ1) is 13.1. The highest BCUT2D eigenvalue weighted by atomic mass is 16.5. The third-order valence-corrected chi connectivity index (χ3v) is 5.47. The van der Waals surface area contributed by atoms with Crippen LogP contribution in [-0.2, 0) is 9.53 Å². The lowest BCUT2D eigenvalue weighted by atomic mass is 9.95. The van der Waals surface area contributed by atoms with E-state index in [-0.39, 0.29) is 12.1 Å². The van der Waals surface area contributed by atoms with Crippen molar-refractivity contribution in [3.63, 3.8) is 0 Å². The molecule has 0 aliphatic carbocycles. The molecule has 0 saturated carbocycles. The fourth-order valence-corrected chi connectivity index (χ4v) is 3.57. The number of unbranched alkanes of at least 4 members (excludes halogenated alkanes) is 8. The van der Waals surface area contributed by atoms with Crippen molar-refractivity contribution in [1.29, 1.82) is 0 Å². The lowest BCUT2D eigenvalue weighted by Crippen LogP contribution is -2.15. The molecular formula is C24H48O3. The van der Waals surface area contributed by atoms with Crippen molar-refractivity contribution in [2.75, 3.05) is 6.61 Å². The Hall–Kier alpha value is -0.570. The number of esters is 1. The zero-order chi connectivity index (χ0) is 20.2. The van der Waals surface area contributed by atoms with E-state index in [1.807, 2.05) is 0 Å². The highest BCUT2D eigenvalue weighted by Gasteiger charge is 2.13. The summed E-state index contributed by atoms with van der Waals surface area (Å²) in [5.41, 5.74) is 0. The molecule has 1 N–H and O–H groups in total. The molecule has 0 fully saturated rings. The fraction of sp³-hybridized carbons (Fsp3) is 0.958. The van der Waals surface area contributed by atoms with Crippen molar-refractivity contribution in [1.82, 2.24) is 0 Å². The monoisotopic (exact) mass is 384 g/mol. The second-order valence-corrected chi connectivity index (χ2v) is 8.29. The molecule has 2 atom stereocenters. The summed E-state index contributed by atoms with van der Waals surface area (Å²) in [4.78, 5) is 12.0. The van der Waals surface area contributed by atoms with Crippen LogP contribution in [-0.4, -0.2) is 23.8 Å². The van der Waals surface area contributed by atoms with Gasteiger partial charge in [-0.15, -0.1) is 0 Å². The Bertz CT molecular complexity index is 317. The number of carbonyl (C=O) groups is 1. The quantitative estimate of drug-likeness (QED) is 0.178. The van der Waals surface area contributed by atoms with Gasteiger partial charge in [0.2, 0.25) is 0 Å². The third kappa shape index (κ3) is 18.6. The van der Waals surface area contributed by atoms with Crippen molar-refractivity contribution in [2.45, 2.75) is 136 Å². The minimum Gasteiger partial charge on any atom is -0.465 e. The predicted molar refractivity (Wildman–Crippen MR) is 116 cm³/mol. The predicted octanol–water partition coefficient (Wildman–Crippen LogP) is 7.20. The number of carbonyl (C=O) groups excluding carboxylic acids is 1. The van der Waals surface area contributed by atoms with Gasteiger partial charge in [0.15, 0.2) is 0 Å². The van der Waals surface area contributed by atoms with Gasteiger partial charge in [-0.05, 0) is 38.0 Å². The van der Waals surface area contributed by atoms with Crippen molar-refractivity contribution in [3.05, 3.63) is 0 Å². The van der Waals surface area contributed by atoms with Gasteiger partial charge >= 0.3 is 5.97 Å². The van der Waals surface area contributed by atoms with Gasteiger partial charge < -0.3 is 9.84 Å². The summed E-state index contributed by atoms with van der Waals surface area (Å²) in [5, 5.41) is 9.99. The first kappa shape index (κ1) is 26.4. The van der Waals surface area contributed by atoms with E-state index in [0.717, 1.165) is 25.7 Å². The molecule has 0 saturated heterocycles. The van der Waals surface area contributed by atoms with Crippen LogP contribution in [0.15, 0.2) is 0 Å². The van der Waals surface area contributed by atoms with Crippen LogP contribution in [0.3, 0.4) is 0 Å². The molecular weight excluding hydrogens is 336 g/mol. The summed E-state index contributed by atoms with van der Waals surface area (Å²) in [6.07, 6.45) is 18.5. The van der Waals surface area contributed by atoms with E-state index in [9.17, 15) is 9.90 Å². The number of aliphatic hydroxyl groups is 1. The molecule has 3 heteroatoms. The molecule has 0 rings (SSSR count). The molecule has 3 nitrogen and oxygen atoms in total. The third-order valence-electron chi connectivity index (χ3n) is 5.47. The van der Waals surface area contributed by atoms with Crippen molar-refractivity contribution >= 4 is 5.97 Å². The molecule has 0 aromatic rings. The van der Waals surface area contributed by atoms with Gasteiger partial charge in [0.1, 0.15) is 0 Å². The SMILES string of the molecule is CCCCCCC(O)CCCC(=O)OCC(CCCCC)CCCCCC. The number of rotatable bonds is 20. The molecule has 2 unspecified atom stereocenters. The van der Waals surface area contributed by atoms with Crippen LogP contribution in [0.5, 0.6) is 0 Å². The fourth-order valence-electron chi connectivity index (χ4n) is 3.57. The number of hydrogen-bond donors (Lipinski definition) is 1. The first-order valence-corrected chi connectivity index (χ1v) is 12.0. The van der Waals surface area contributed by atoms with Crippen molar-refractivity contribution in [2.24, 2.45) is 5.92 Å². The highest BCUT2D eigenvalue weighted by molar-refractivity contribution is 5.69. The average Bonchev–Trinajstić information content (AvgIpc) is 2.66. The van der Waals surface area contributed by atoms with E-state index in [0.29, 0.717) is 18.9 Å². The molecule has 0 aromatic heterocycles. The Kier molecular flexibility index (Phi) is 19.7. The average molecular weight is 385 g/mol. The molecule has 0 radical (unpaired) electrons. The van der Waals surface area contributed by atoms with Crippen LogP contribution >= 0.6 is 0 Å². The second kappa shape index (κ2) is 20.2. The minimum absolute atomic E-state index is 0.0813. The normalized spacial score (nSPS) is 13.5. The van der Waals surface area contributed by atoms with Crippen LogP contribution < -0.4 is 0 Å². The van der Waals surface area contributed by atoms with Gasteiger partial charge in [-0.3, -0.25) is 4.79 Å². The van der Waals surface area contributed by atoms with Gasteiger partial charge in [-0.2, -0.15) is 0 Å². The van der Waals surface area contributed by atoms with Crippen LogP contribution in [0.1, 0.15) is 130 Å². The molecule has 162 valence electrons. The molecule has 0 spiro atoms. The van der Waals surface area contributed by atoms with E-state index in [2.05, 4.69) is 20.8 Å². The zero-order valence-electron chi connectivity index (χ0n) is 18.6. The lowest BCUT2D eigenvalue weighted by Gasteiger charge is -2.17. The summed E-state index contributed by atoms with van der Waals surface area (Å²) in [5.74, 6) is 0.448. The summed E-state index contributed by atoms with van der Waals surface area (Å²) in [7, 11) is 0. The molecule has 0 amide bonds. The highest BCUT2D eigenvalue weighted by Crippen LogP contribution is 2.19. The Morgan fingerprint density at radius 3 is 1.78 bits per heavy atom. The Morgan fingerprint density at radius 2 is 1.19 bits per heavy atom. The minimum atomic E-state index is -0.255. The van der Waals surface area contributed by atoms with Gasteiger partial charge in [0.05, 0.1) is 12.7 Å². The topological polar surface area (TPSA) is 46.5 Å². The van der Waals surface area contributed by atoms with E-state index in [1.165, 1.54) is 77.0 Å². The van der Waals surface area contributed by atoms with Crippen LogP contribution in [0.2, 0.25) is 0 Å². The molecule has 0 aliphatic heterocycles. The Labute approximate surface area is 169 Å². The summed E-state index contributed by atoms with van der Waals surface area (Å²) >= 11 is 0. The molecule has 0 aromatic carbocycles. The van der Waals surface area contributed by atoms with E-state index < -0.39 is 0 Å². The smallest absolute Gasteiger partial charge is 0.305 e. The maximum absolute atomic E-state index is 12.0. The van der Waals surface area contributed by atoms with E-state index in [4.69, 9.17) is 4.74 Å².